The van der Waals surface area contributed by atoms with E-state index < -0.39 is 21.2 Å². The zero-order chi connectivity index (χ0) is 24.7. The van der Waals surface area contributed by atoms with E-state index in [-0.39, 0.29) is 14.4 Å². The molecular weight excluding hydrogens is 474 g/mol. The van der Waals surface area contributed by atoms with E-state index in [1.807, 2.05) is 36.4 Å². The van der Waals surface area contributed by atoms with Gasteiger partial charge in [0.15, 0.2) is 0 Å². The first kappa shape index (κ1) is 27.6. The Bertz CT molecular complexity index is 1180. The van der Waals surface area contributed by atoms with E-state index in [4.69, 9.17) is 4.74 Å². The van der Waals surface area contributed by atoms with Crippen LogP contribution in [0.3, 0.4) is 0 Å². The highest BCUT2D eigenvalue weighted by atomic mass is 31.1. The molecule has 0 spiro atoms. The van der Waals surface area contributed by atoms with Crippen molar-refractivity contribution < 1.29 is 9.53 Å². The predicted molar refractivity (Wildman–Crippen MR) is 158 cm³/mol. The third kappa shape index (κ3) is 6.24. The summed E-state index contributed by atoms with van der Waals surface area (Å²) in [5.74, 6) is -0.249. The lowest BCUT2D eigenvalue weighted by molar-refractivity contribution is 0.00998. The van der Waals surface area contributed by atoms with E-state index in [1.165, 1.54) is 10.6 Å². The van der Waals surface area contributed by atoms with Gasteiger partial charge in [-0.3, -0.25) is 0 Å². The lowest BCUT2D eigenvalue weighted by Crippen LogP contribution is -2.53. The molecule has 0 saturated carbocycles. The maximum atomic E-state index is 13.5. The summed E-state index contributed by atoms with van der Waals surface area (Å²) in [5.41, 5.74) is 1.69. The van der Waals surface area contributed by atoms with Crippen LogP contribution in [0.15, 0.2) is 121 Å². The van der Waals surface area contributed by atoms with Gasteiger partial charge in [-0.2, -0.15) is 0 Å². The topological polar surface area (TPSA) is 26.3 Å². The van der Waals surface area contributed by atoms with Crippen molar-refractivity contribution in [1.29, 1.82) is 0 Å². The van der Waals surface area contributed by atoms with Gasteiger partial charge >= 0.3 is 5.97 Å². The second kappa shape index (κ2) is 12.3. The highest BCUT2D eigenvalue weighted by Gasteiger charge is 2.48. The Morgan fingerprint density at radius 1 is 0.694 bits per heavy atom. The molecule has 0 fully saturated rings. The van der Waals surface area contributed by atoms with Crippen molar-refractivity contribution >= 4 is 41.0 Å². The molecule has 0 bridgehead atoms. The lowest BCUT2D eigenvalue weighted by atomic mass is 10.1. The standard InChI is InChI=1S/C31H33O2PSi.B/c1-35(2,3)31(27-18-10-5-11-19-27,33-30(32)26-16-8-4-9-17-26)24-25-34(28-20-12-6-13-21-28)29-22-14-7-15-23-29;/h4-23H,24-25H2,1-3H3;. The van der Waals surface area contributed by atoms with Gasteiger partial charge in [0, 0.05) is 8.41 Å². The molecule has 5 heteroatoms. The van der Waals surface area contributed by atoms with Crippen LogP contribution in [0.25, 0.3) is 0 Å². The Morgan fingerprint density at radius 3 is 1.56 bits per heavy atom. The van der Waals surface area contributed by atoms with E-state index in [0.717, 1.165) is 18.1 Å². The van der Waals surface area contributed by atoms with Crippen LogP contribution in [0.1, 0.15) is 22.3 Å². The number of hydrogen-bond acceptors (Lipinski definition) is 2. The van der Waals surface area contributed by atoms with Crippen LogP contribution >= 0.6 is 7.92 Å². The highest BCUT2D eigenvalue weighted by molar-refractivity contribution is 7.73. The SMILES string of the molecule is C[Si](C)(C)C(CCP(c1ccccc1)c1ccccc1)(OC(=O)c1ccccc1)c1ccccc1.[B]. The molecule has 0 saturated heterocycles. The van der Waals surface area contributed by atoms with Crippen molar-refractivity contribution in [3.05, 3.63) is 132 Å². The molecule has 0 amide bonds. The molecule has 0 aliphatic rings. The van der Waals surface area contributed by atoms with Crippen LogP contribution in [0.4, 0.5) is 0 Å². The summed E-state index contributed by atoms with van der Waals surface area (Å²) in [5, 5.41) is 2.05. The van der Waals surface area contributed by atoms with E-state index in [1.54, 1.807) is 0 Å². The van der Waals surface area contributed by atoms with Gasteiger partial charge in [-0.05, 0) is 48.8 Å². The number of hydrogen-bond donors (Lipinski definition) is 0. The van der Waals surface area contributed by atoms with Crippen molar-refractivity contribution in [3.63, 3.8) is 0 Å². The predicted octanol–water partition coefficient (Wildman–Crippen LogP) is 6.76. The fraction of sp³-hybridized carbons (Fsp3) is 0.194. The number of rotatable bonds is 9. The van der Waals surface area contributed by atoms with Crippen LogP contribution in [0, 0.1) is 0 Å². The van der Waals surface area contributed by atoms with Gasteiger partial charge in [-0.1, -0.05) is 129 Å². The first-order chi connectivity index (χ1) is 16.9. The van der Waals surface area contributed by atoms with Gasteiger partial charge in [-0.15, -0.1) is 0 Å². The Balaban J connectivity index is 0.00000361. The van der Waals surface area contributed by atoms with Crippen molar-refractivity contribution in [2.24, 2.45) is 0 Å². The smallest absolute Gasteiger partial charge is 0.338 e. The van der Waals surface area contributed by atoms with Crippen LogP contribution in [-0.4, -0.2) is 28.6 Å². The zero-order valence-corrected chi connectivity index (χ0v) is 23.2. The summed E-state index contributed by atoms with van der Waals surface area (Å²) >= 11 is 0. The molecule has 2 nitrogen and oxygen atoms in total. The fourth-order valence-electron chi connectivity index (χ4n) is 4.61. The maximum Gasteiger partial charge on any atom is 0.338 e. The van der Waals surface area contributed by atoms with Gasteiger partial charge in [0.05, 0.1) is 5.56 Å². The Hall–Kier alpha value is -2.94. The highest BCUT2D eigenvalue weighted by Crippen LogP contribution is 2.45. The van der Waals surface area contributed by atoms with Crippen molar-refractivity contribution in [2.75, 3.05) is 6.16 Å². The molecule has 1 atom stereocenters. The van der Waals surface area contributed by atoms with Crippen molar-refractivity contribution in [2.45, 2.75) is 31.3 Å². The van der Waals surface area contributed by atoms with Gasteiger partial charge in [-0.25, -0.2) is 4.79 Å². The zero-order valence-electron chi connectivity index (χ0n) is 21.3. The van der Waals surface area contributed by atoms with Crippen LogP contribution < -0.4 is 10.6 Å². The molecule has 4 aromatic carbocycles. The van der Waals surface area contributed by atoms with Crippen LogP contribution in [0.5, 0.6) is 0 Å². The molecule has 3 radical (unpaired) electrons. The van der Waals surface area contributed by atoms with E-state index >= 15 is 0 Å². The summed E-state index contributed by atoms with van der Waals surface area (Å²) in [4.78, 5) is 13.5. The van der Waals surface area contributed by atoms with Crippen molar-refractivity contribution in [3.8, 4) is 0 Å². The number of esters is 1. The maximum absolute atomic E-state index is 13.5. The number of carbonyl (C=O) groups excluding carboxylic acids is 1. The van der Waals surface area contributed by atoms with Crippen molar-refractivity contribution in [1.82, 2.24) is 0 Å². The van der Waals surface area contributed by atoms with Gasteiger partial charge in [0.1, 0.15) is 13.3 Å². The van der Waals surface area contributed by atoms with E-state index in [2.05, 4.69) is 105 Å². The lowest BCUT2D eigenvalue weighted by Gasteiger charge is -2.44. The molecule has 1 unspecified atom stereocenters. The fourth-order valence-corrected chi connectivity index (χ4v) is 9.54. The van der Waals surface area contributed by atoms with E-state index in [9.17, 15) is 4.79 Å². The molecule has 4 aromatic rings. The Kier molecular flexibility index (Phi) is 9.48. The normalized spacial score (nSPS) is 12.9. The van der Waals surface area contributed by atoms with Gasteiger partial charge in [0.25, 0.3) is 0 Å². The summed E-state index contributed by atoms with van der Waals surface area (Å²) in [7, 11) is -2.68. The minimum Gasteiger partial charge on any atom is -0.455 e. The summed E-state index contributed by atoms with van der Waals surface area (Å²) in [6, 6.07) is 41.3. The molecule has 36 heavy (non-hydrogen) atoms. The molecule has 0 aromatic heterocycles. The minimum absolute atomic E-state index is 0. The Labute approximate surface area is 220 Å². The monoisotopic (exact) mass is 507 g/mol. The van der Waals surface area contributed by atoms with Gasteiger partial charge in [0.2, 0.25) is 0 Å². The summed E-state index contributed by atoms with van der Waals surface area (Å²) in [6.07, 6.45) is 1.71. The largest absolute Gasteiger partial charge is 0.455 e. The third-order valence-electron chi connectivity index (χ3n) is 6.55. The van der Waals surface area contributed by atoms with Crippen LogP contribution in [-0.2, 0) is 9.96 Å². The third-order valence-corrected chi connectivity index (χ3v) is 12.1. The second-order valence-electron chi connectivity index (χ2n) is 9.77. The first-order valence-electron chi connectivity index (χ1n) is 12.1. The second-order valence-corrected chi connectivity index (χ2v) is 17.4. The molecular formula is C31H33BO2PSi. The summed E-state index contributed by atoms with van der Waals surface area (Å²) < 4.78 is 6.63. The molecule has 181 valence electrons. The molecule has 0 aliphatic heterocycles. The molecule has 4 rings (SSSR count). The van der Waals surface area contributed by atoms with Gasteiger partial charge < -0.3 is 4.74 Å². The Morgan fingerprint density at radius 2 is 1.11 bits per heavy atom. The molecule has 0 aliphatic carbocycles. The number of benzene rings is 4. The number of carbonyl (C=O) groups is 1. The average molecular weight is 507 g/mol. The molecule has 0 N–H and O–H groups in total. The quantitative estimate of drug-likeness (QED) is 0.142. The summed E-state index contributed by atoms with van der Waals surface area (Å²) in [6.45, 7) is 6.93. The van der Waals surface area contributed by atoms with Crippen LogP contribution in [0.2, 0.25) is 19.6 Å². The first-order valence-corrected chi connectivity index (χ1v) is 17.1. The minimum atomic E-state index is -2.07. The average Bonchev–Trinajstić information content (AvgIpc) is 2.89. The van der Waals surface area contributed by atoms with E-state index in [0.29, 0.717) is 5.56 Å². The molecule has 0 heterocycles. The number of ether oxygens (including phenoxy) is 1.